The van der Waals surface area contributed by atoms with E-state index in [0.717, 1.165) is 22.3 Å². The minimum Gasteiger partial charge on any atom is -0.337 e. The second-order valence-electron chi connectivity index (χ2n) is 4.92. The van der Waals surface area contributed by atoms with Crippen LogP contribution in [0.5, 0.6) is 0 Å². The molecular weight excluding hydrogens is 226 g/mol. The van der Waals surface area contributed by atoms with Gasteiger partial charge < -0.3 is 4.57 Å². The molecule has 0 atom stereocenters. The van der Waals surface area contributed by atoms with Crippen LogP contribution >= 0.6 is 0 Å². The van der Waals surface area contributed by atoms with Crippen LogP contribution < -0.4 is 5.43 Å². The summed E-state index contributed by atoms with van der Waals surface area (Å²) >= 11 is 0. The van der Waals surface area contributed by atoms with Crippen molar-refractivity contribution in [2.45, 2.75) is 34.2 Å². The third kappa shape index (κ3) is 2.08. The molecule has 94 valence electrons. The molecule has 2 aromatic rings. The summed E-state index contributed by atoms with van der Waals surface area (Å²) in [7, 11) is 0. The van der Waals surface area contributed by atoms with Crippen LogP contribution in [0.25, 0.3) is 10.9 Å². The molecule has 1 heterocycles. The van der Waals surface area contributed by atoms with E-state index in [1.165, 1.54) is 0 Å². The lowest BCUT2D eigenvalue weighted by Crippen LogP contribution is -2.16. The Morgan fingerprint density at radius 1 is 1.17 bits per heavy atom. The van der Waals surface area contributed by atoms with E-state index in [1.54, 1.807) is 13.0 Å². The summed E-state index contributed by atoms with van der Waals surface area (Å²) in [5, 5.41) is 0.694. The number of carbonyl (C=O) groups excluding carboxylic acids is 1. The molecule has 0 saturated carbocycles. The molecule has 0 unspecified atom stereocenters. The maximum absolute atomic E-state index is 12.0. The first-order valence-corrected chi connectivity index (χ1v) is 6.01. The lowest BCUT2D eigenvalue weighted by Gasteiger charge is -2.15. The van der Waals surface area contributed by atoms with Crippen LogP contribution in [0.15, 0.2) is 23.0 Å². The van der Waals surface area contributed by atoms with Crippen LogP contribution in [-0.2, 0) is 11.3 Å². The highest BCUT2D eigenvalue weighted by molar-refractivity contribution is 5.85. The zero-order valence-electron chi connectivity index (χ0n) is 11.2. The van der Waals surface area contributed by atoms with E-state index in [2.05, 4.69) is 0 Å². The fourth-order valence-corrected chi connectivity index (χ4v) is 2.45. The highest BCUT2D eigenvalue weighted by Crippen LogP contribution is 2.19. The summed E-state index contributed by atoms with van der Waals surface area (Å²) in [6.07, 6.45) is 0. The van der Waals surface area contributed by atoms with Crippen molar-refractivity contribution in [3.8, 4) is 0 Å². The van der Waals surface area contributed by atoms with Crippen molar-refractivity contribution in [1.82, 2.24) is 4.57 Å². The van der Waals surface area contributed by atoms with Gasteiger partial charge in [0.2, 0.25) is 0 Å². The highest BCUT2D eigenvalue weighted by atomic mass is 16.1. The Hall–Kier alpha value is -1.90. The fourth-order valence-electron chi connectivity index (χ4n) is 2.45. The third-order valence-electron chi connectivity index (χ3n) is 3.13. The van der Waals surface area contributed by atoms with Crippen molar-refractivity contribution in [3.05, 3.63) is 45.2 Å². The first-order chi connectivity index (χ1) is 8.40. The molecule has 0 radical (unpaired) electrons. The third-order valence-corrected chi connectivity index (χ3v) is 3.13. The quantitative estimate of drug-likeness (QED) is 0.813. The molecule has 0 fully saturated rings. The number of pyridine rings is 1. The summed E-state index contributed by atoms with van der Waals surface area (Å²) < 4.78 is 1.92. The largest absolute Gasteiger partial charge is 0.337 e. The number of hydrogen-bond donors (Lipinski definition) is 0. The maximum atomic E-state index is 12.0. The van der Waals surface area contributed by atoms with Crippen molar-refractivity contribution in [1.29, 1.82) is 0 Å². The van der Waals surface area contributed by atoms with Gasteiger partial charge in [-0.3, -0.25) is 9.59 Å². The Kier molecular flexibility index (Phi) is 3.07. The molecular formula is C15H17NO2. The summed E-state index contributed by atoms with van der Waals surface area (Å²) in [6.45, 7) is 7.69. The first kappa shape index (κ1) is 12.6. The molecule has 18 heavy (non-hydrogen) atoms. The minimum absolute atomic E-state index is 0.0223. The minimum atomic E-state index is 0.0223. The molecule has 0 bridgehead atoms. The zero-order chi connectivity index (χ0) is 13.4. The van der Waals surface area contributed by atoms with Crippen molar-refractivity contribution >= 4 is 16.7 Å². The molecule has 0 saturated heterocycles. The Bertz CT molecular complexity index is 696. The number of fused-ring (bicyclic) bond motifs is 1. The van der Waals surface area contributed by atoms with Gasteiger partial charge in [0.15, 0.2) is 5.43 Å². The van der Waals surface area contributed by atoms with Gasteiger partial charge in [-0.1, -0.05) is 6.07 Å². The van der Waals surface area contributed by atoms with Crippen molar-refractivity contribution < 1.29 is 4.79 Å². The van der Waals surface area contributed by atoms with Crippen LogP contribution in [-0.4, -0.2) is 10.4 Å². The first-order valence-electron chi connectivity index (χ1n) is 6.01. The Balaban J connectivity index is 2.93. The normalized spacial score (nSPS) is 10.9. The number of aryl methyl sites for hydroxylation is 3. The number of hydrogen-bond acceptors (Lipinski definition) is 2. The number of Topliss-reactive ketones (excluding diaryl/α,β-unsaturated/α-hetero) is 1. The topological polar surface area (TPSA) is 39.1 Å². The highest BCUT2D eigenvalue weighted by Gasteiger charge is 2.10. The predicted molar refractivity (Wildman–Crippen MR) is 73.1 cm³/mol. The monoisotopic (exact) mass is 243 g/mol. The van der Waals surface area contributed by atoms with Crippen molar-refractivity contribution in [3.63, 3.8) is 0 Å². The number of benzene rings is 1. The Morgan fingerprint density at radius 3 is 2.44 bits per heavy atom. The second kappa shape index (κ2) is 4.41. The van der Waals surface area contributed by atoms with Gasteiger partial charge in [-0.15, -0.1) is 0 Å². The zero-order valence-corrected chi connectivity index (χ0v) is 11.2. The van der Waals surface area contributed by atoms with Crippen LogP contribution in [0.4, 0.5) is 0 Å². The van der Waals surface area contributed by atoms with Gasteiger partial charge in [-0.25, -0.2) is 0 Å². The number of carbonyl (C=O) groups is 1. The van der Waals surface area contributed by atoms with Gasteiger partial charge in [0.25, 0.3) is 0 Å². The molecule has 1 aromatic carbocycles. The van der Waals surface area contributed by atoms with Gasteiger partial charge in [0.1, 0.15) is 5.78 Å². The summed E-state index contributed by atoms with van der Waals surface area (Å²) in [6, 6.07) is 5.53. The van der Waals surface area contributed by atoms with E-state index >= 15 is 0 Å². The predicted octanol–water partition coefficient (Wildman–Crippen LogP) is 2.52. The van der Waals surface area contributed by atoms with E-state index in [-0.39, 0.29) is 11.2 Å². The maximum Gasteiger partial charge on any atom is 0.189 e. The van der Waals surface area contributed by atoms with E-state index in [0.29, 0.717) is 11.9 Å². The standard InChI is InChI=1S/C15H17NO2/c1-9-5-10(2)15-13(6-9)14(18)7-11(3)16(15)8-12(4)17/h5-7H,8H2,1-4H3. The molecule has 1 aromatic heterocycles. The lowest BCUT2D eigenvalue weighted by atomic mass is 10.1. The molecule has 0 spiro atoms. The van der Waals surface area contributed by atoms with Crippen LogP contribution in [0.2, 0.25) is 0 Å². The smallest absolute Gasteiger partial charge is 0.189 e. The van der Waals surface area contributed by atoms with Gasteiger partial charge in [-0.05, 0) is 44.9 Å². The molecule has 0 N–H and O–H groups in total. The Morgan fingerprint density at radius 2 is 1.83 bits per heavy atom. The summed E-state index contributed by atoms with van der Waals surface area (Å²) in [5.74, 6) is 0.0861. The number of rotatable bonds is 2. The molecule has 3 heteroatoms. The van der Waals surface area contributed by atoms with E-state index in [4.69, 9.17) is 0 Å². The molecule has 2 rings (SSSR count). The van der Waals surface area contributed by atoms with E-state index in [9.17, 15) is 9.59 Å². The SMILES string of the molecule is CC(=O)Cn1c(C)cc(=O)c2cc(C)cc(C)c21. The van der Waals surface area contributed by atoms with Crippen LogP contribution in [0, 0.1) is 20.8 Å². The van der Waals surface area contributed by atoms with Crippen LogP contribution in [0.1, 0.15) is 23.7 Å². The fraction of sp³-hybridized carbons (Fsp3) is 0.333. The van der Waals surface area contributed by atoms with Gasteiger partial charge in [0.05, 0.1) is 12.1 Å². The second-order valence-corrected chi connectivity index (χ2v) is 4.92. The van der Waals surface area contributed by atoms with E-state index < -0.39 is 0 Å². The molecule has 0 aliphatic heterocycles. The Labute approximate surface area is 106 Å². The summed E-state index contributed by atoms with van der Waals surface area (Å²) in [4.78, 5) is 23.4. The van der Waals surface area contributed by atoms with Gasteiger partial charge in [0, 0.05) is 17.1 Å². The van der Waals surface area contributed by atoms with Gasteiger partial charge in [-0.2, -0.15) is 0 Å². The number of aromatic nitrogens is 1. The lowest BCUT2D eigenvalue weighted by molar-refractivity contribution is -0.117. The molecule has 0 aliphatic rings. The van der Waals surface area contributed by atoms with Crippen molar-refractivity contribution in [2.75, 3.05) is 0 Å². The number of nitrogens with zero attached hydrogens (tertiary/aromatic N) is 1. The molecule has 0 aliphatic carbocycles. The van der Waals surface area contributed by atoms with Gasteiger partial charge >= 0.3 is 0 Å². The number of ketones is 1. The average Bonchev–Trinajstić information content (AvgIpc) is 2.23. The molecule has 0 amide bonds. The average molecular weight is 243 g/mol. The van der Waals surface area contributed by atoms with Crippen molar-refractivity contribution in [2.24, 2.45) is 0 Å². The van der Waals surface area contributed by atoms with E-state index in [1.807, 2.05) is 37.5 Å². The van der Waals surface area contributed by atoms with Crippen LogP contribution in [0.3, 0.4) is 0 Å². The molecule has 3 nitrogen and oxygen atoms in total. The summed E-state index contributed by atoms with van der Waals surface area (Å²) in [5.41, 5.74) is 3.83.